The maximum absolute atomic E-state index is 17.8. The molecule has 60 heavy (non-hydrogen) atoms. The first-order valence-corrected chi connectivity index (χ1v) is 21.0. The zero-order valence-corrected chi connectivity index (χ0v) is 34.3. The Balaban J connectivity index is 0.808. The second-order valence-electron chi connectivity index (χ2n) is 19.4. The number of aliphatic hydroxyl groups is 2. The van der Waals surface area contributed by atoms with Gasteiger partial charge < -0.3 is 43.5 Å². The Morgan fingerprint density at radius 2 is 1.78 bits per heavy atom. The molecule has 0 aromatic heterocycles. The number of alkyl halides is 1. The second kappa shape index (κ2) is 13.1. The lowest BCUT2D eigenvalue weighted by Crippen LogP contribution is -2.70. The molecule has 13 atom stereocenters. The highest BCUT2D eigenvalue weighted by Crippen LogP contribution is 2.73. The van der Waals surface area contributed by atoms with Gasteiger partial charge in [0.2, 0.25) is 5.78 Å². The highest BCUT2D eigenvalue weighted by Gasteiger charge is 2.80. The van der Waals surface area contributed by atoms with Crippen LogP contribution in [0.2, 0.25) is 0 Å². The standard InChI is InChI=1S/C45H51F2NO12/c1-40(2)59-34-17-25-26-16-28(46)27-15-23(49)10-11-41(27,3)44(26,47)32(51)18-42(25,4)45(34,60-40)33(52)19-56-35(53)20-55-21-36(54)57-31-9-6-22-14-29-24-7-8-30(50)39-43(24,12-13-48(29)5)37(22)38(31)58-39/h6-11,24-26,29-30,32,34,39,50-51H,12-21H2,1-5H3/t24-,25?,26?,29+,30-,32-,34+,39-,41?,42?,43-,44-,45?/m0/s1. The van der Waals surface area contributed by atoms with Crippen LogP contribution >= 0.6 is 0 Å². The summed E-state index contributed by atoms with van der Waals surface area (Å²) in [5.41, 5.74) is -5.33. The molecular formula is C45H51F2NO12. The minimum Gasteiger partial charge on any atom is -0.482 e. The van der Waals surface area contributed by atoms with Crippen LogP contribution in [0.1, 0.15) is 70.9 Å². The number of halogens is 2. The first-order valence-electron chi connectivity index (χ1n) is 21.0. The highest BCUT2D eigenvalue weighted by molar-refractivity contribution is 5.94. The Hall–Kier alpha value is -3.86. The Bertz CT molecular complexity index is 2210. The van der Waals surface area contributed by atoms with Gasteiger partial charge in [-0.3, -0.25) is 9.59 Å². The summed E-state index contributed by atoms with van der Waals surface area (Å²) in [6.45, 7) is 5.25. The number of likely N-dealkylation sites (tertiary alicyclic amines) is 1. The maximum atomic E-state index is 17.8. The van der Waals surface area contributed by atoms with E-state index in [1.54, 1.807) is 32.9 Å². The van der Waals surface area contributed by atoms with E-state index in [1.807, 2.05) is 6.07 Å². The van der Waals surface area contributed by atoms with E-state index in [2.05, 4.69) is 18.0 Å². The van der Waals surface area contributed by atoms with Crippen LogP contribution in [0.3, 0.4) is 0 Å². The predicted molar refractivity (Wildman–Crippen MR) is 205 cm³/mol. The topological polar surface area (TPSA) is 167 Å². The summed E-state index contributed by atoms with van der Waals surface area (Å²) >= 11 is 0. The number of nitrogens with zero attached hydrogens (tertiary/aromatic N) is 1. The molecule has 4 fully saturated rings. The Kier molecular flexibility index (Phi) is 8.77. The number of Topliss-reactive ketones (excluding diaryl/α,β-unsaturated/α-hetero) is 1. The number of likely N-dealkylation sites (N-methyl/N-ethyl adjacent to an activating group) is 1. The molecule has 9 aliphatic rings. The van der Waals surface area contributed by atoms with Crippen molar-refractivity contribution in [3.8, 4) is 11.5 Å². The summed E-state index contributed by atoms with van der Waals surface area (Å²) in [4.78, 5) is 55.1. The van der Waals surface area contributed by atoms with Gasteiger partial charge in [0.05, 0.1) is 12.2 Å². The van der Waals surface area contributed by atoms with Crippen LogP contribution in [-0.2, 0) is 50.0 Å². The lowest BCUT2D eigenvalue weighted by Gasteiger charge is -2.62. The largest absolute Gasteiger partial charge is 0.482 e. The molecule has 2 saturated heterocycles. The van der Waals surface area contributed by atoms with Gasteiger partial charge in [-0.15, -0.1) is 0 Å². The van der Waals surface area contributed by atoms with E-state index in [9.17, 15) is 29.4 Å². The van der Waals surface area contributed by atoms with Crippen molar-refractivity contribution in [3.63, 3.8) is 0 Å². The van der Waals surface area contributed by atoms with Crippen molar-refractivity contribution in [2.45, 2.75) is 119 Å². The fourth-order valence-corrected chi connectivity index (χ4v) is 13.7. The lowest BCUT2D eigenvalue weighted by atomic mass is 9.45. The molecule has 3 aliphatic heterocycles. The van der Waals surface area contributed by atoms with Gasteiger partial charge in [-0.2, -0.15) is 0 Å². The van der Waals surface area contributed by atoms with E-state index in [4.69, 9.17) is 28.4 Å². The van der Waals surface area contributed by atoms with Crippen molar-refractivity contribution in [2.24, 2.45) is 28.6 Å². The number of esters is 2. The summed E-state index contributed by atoms with van der Waals surface area (Å²) < 4.78 is 69.3. The highest BCUT2D eigenvalue weighted by atomic mass is 19.1. The number of ketones is 2. The number of aliphatic hydroxyl groups excluding tert-OH is 2. The number of hydrogen-bond donors (Lipinski definition) is 2. The maximum Gasteiger partial charge on any atom is 0.337 e. The molecule has 3 heterocycles. The van der Waals surface area contributed by atoms with Gasteiger partial charge in [0.25, 0.3) is 0 Å². The molecule has 1 aromatic carbocycles. The monoisotopic (exact) mass is 835 g/mol. The Morgan fingerprint density at radius 1 is 1.02 bits per heavy atom. The van der Waals surface area contributed by atoms with Gasteiger partial charge in [-0.1, -0.05) is 31.2 Å². The third-order valence-electron chi connectivity index (χ3n) is 16.2. The van der Waals surface area contributed by atoms with Crippen LogP contribution in [0.4, 0.5) is 8.78 Å². The first-order chi connectivity index (χ1) is 28.3. The molecule has 6 aliphatic carbocycles. The normalized spacial score (nSPS) is 43.6. The summed E-state index contributed by atoms with van der Waals surface area (Å²) in [5.74, 6) is -5.64. The van der Waals surface area contributed by atoms with Gasteiger partial charge in [-0.25, -0.2) is 18.4 Å². The SMILES string of the molecule is CN1CC[C@]23c4c5ccc(OC(=O)COCC(=O)OCC(=O)C67OC(C)(C)O[C@@H]6CC6C8CC(F)=C9CC(=O)C=CC9(C)[C@@]8(F)[C@@H](O)CC67C)c4O[C@H]2[C@@H](O)C=C[C@H]3[C@H]1C5. The minimum atomic E-state index is -2.36. The number of carbonyl (C=O) groups excluding carboxylic acids is 4. The fourth-order valence-electron chi connectivity index (χ4n) is 13.7. The molecular weight excluding hydrogens is 784 g/mol. The number of rotatable bonds is 8. The van der Waals surface area contributed by atoms with Crippen LogP contribution in [0.15, 0.2) is 47.8 Å². The van der Waals surface area contributed by atoms with Gasteiger partial charge in [0.1, 0.15) is 31.2 Å². The number of fused-ring (bicyclic) bond motifs is 7. The molecule has 1 spiro atoms. The van der Waals surface area contributed by atoms with Crippen LogP contribution in [0.25, 0.3) is 0 Å². The van der Waals surface area contributed by atoms with Gasteiger partial charge >= 0.3 is 11.9 Å². The molecule has 2 N–H and O–H groups in total. The first kappa shape index (κ1) is 40.2. The van der Waals surface area contributed by atoms with E-state index in [0.717, 1.165) is 30.5 Å². The molecule has 13 nitrogen and oxygen atoms in total. The minimum absolute atomic E-state index is 0.0344. The number of ether oxygens (including phenoxy) is 6. The second-order valence-corrected chi connectivity index (χ2v) is 19.4. The van der Waals surface area contributed by atoms with Crippen molar-refractivity contribution in [2.75, 3.05) is 33.4 Å². The van der Waals surface area contributed by atoms with E-state index >= 15 is 8.78 Å². The molecule has 0 radical (unpaired) electrons. The zero-order valence-electron chi connectivity index (χ0n) is 34.3. The fraction of sp³-hybridized carbons (Fsp3) is 0.644. The van der Waals surface area contributed by atoms with Crippen LogP contribution in [-0.4, -0.2) is 120 Å². The van der Waals surface area contributed by atoms with Crippen molar-refractivity contribution in [1.29, 1.82) is 0 Å². The number of piperidine rings is 1. The quantitative estimate of drug-likeness (QED) is 0.221. The summed E-state index contributed by atoms with van der Waals surface area (Å²) in [5, 5.41) is 22.8. The van der Waals surface area contributed by atoms with Crippen molar-refractivity contribution in [3.05, 3.63) is 59.0 Å². The average molecular weight is 836 g/mol. The molecule has 5 unspecified atom stereocenters. The predicted octanol–water partition coefficient (Wildman–Crippen LogP) is 3.70. The molecule has 10 rings (SSSR count). The smallest absolute Gasteiger partial charge is 0.337 e. The molecule has 2 bridgehead atoms. The number of carbonyl (C=O) groups is 4. The van der Waals surface area contributed by atoms with Crippen LogP contribution in [0.5, 0.6) is 11.5 Å². The van der Waals surface area contributed by atoms with E-state index in [0.29, 0.717) is 5.75 Å². The Labute approximate surface area is 346 Å². The van der Waals surface area contributed by atoms with Gasteiger partial charge in [0.15, 0.2) is 40.9 Å². The Morgan fingerprint density at radius 3 is 2.57 bits per heavy atom. The van der Waals surface area contributed by atoms with Crippen LogP contribution in [0, 0.1) is 28.6 Å². The molecule has 322 valence electrons. The summed E-state index contributed by atoms with van der Waals surface area (Å²) in [6, 6.07) is 3.88. The van der Waals surface area contributed by atoms with Crippen molar-refractivity contribution < 1.29 is 66.6 Å². The van der Waals surface area contributed by atoms with E-state index in [1.165, 1.54) is 19.1 Å². The number of benzene rings is 1. The summed E-state index contributed by atoms with van der Waals surface area (Å²) in [6.07, 6.45) is 3.37. The number of allylic oxidation sites excluding steroid dienone is 4. The molecule has 2 saturated carbocycles. The lowest BCUT2D eigenvalue weighted by molar-refractivity contribution is -0.244. The van der Waals surface area contributed by atoms with Gasteiger partial charge in [-0.05, 0) is 89.2 Å². The third-order valence-corrected chi connectivity index (χ3v) is 16.2. The molecule has 0 amide bonds. The van der Waals surface area contributed by atoms with E-state index < -0.39 is 113 Å². The number of hydrogen-bond acceptors (Lipinski definition) is 13. The average Bonchev–Trinajstić information content (AvgIpc) is 3.77. The summed E-state index contributed by atoms with van der Waals surface area (Å²) in [7, 11) is 2.12. The molecule has 15 heteroatoms. The van der Waals surface area contributed by atoms with Gasteiger partial charge in [0, 0.05) is 52.5 Å². The van der Waals surface area contributed by atoms with E-state index in [-0.39, 0.29) is 54.7 Å². The van der Waals surface area contributed by atoms with Crippen molar-refractivity contribution >= 4 is 23.5 Å². The molecule has 1 aromatic rings. The van der Waals surface area contributed by atoms with Crippen LogP contribution < -0.4 is 9.47 Å². The third kappa shape index (κ3) is 5.10. The zero-order chi connectivity index (χ0) is 42.5. The van der Waals surface area contributed by atoms with Crippen molar-refractivity contribution in [1.82, 2.24) is 4.90 Å².